The number of fused-ring (bicyclic) bond motifs is 1. The number of pyridine rings is 1. The number of ether oxygens (including phenoxy) is 1. The maximum Gasteiger partial charge on any atom is 0.344 e. The van der Waals surface area contributed by atoms with Crippen molar-refractivity contribution in [3.8, 4) is 5.88 Å². The zero-order valence-electron chi connectivity index (χ0n) is 7.14. The van der Waals surface area contributed by atoms with Gasteiger partial charge >= 0.3 is 5.65 Å². The van der Waals surface area contributed by atoms with E-state index in [-0.39, 0.29) is 5.65 Å². The summed E-state index contributed by atoms with van der Waals surface area (Å²) in [7, 11) is 1.50. The summed E-state index contributed by atoms with van der Waals surface area (Å²) < 4.78 is 9.30. The van der Waals surface area contributed by atoms with Gasteiger partial charge in [0.2, 0.25) is 11.4 Å². The van der Waals surface area contributed by atoms with Crippen LogP contribution in [0.15, 0.2) is 10.7 Å². The second-order valence-corrected chi connectivity index (χ2v) is 2.58. The predicted octanol–water partition coefficient (Wildman–Crippen LogP) is 0.173. The lowest BCUT2D eigenvalue weighted by Crippen LogP contribution is -2.23. The molecule has 13 heavy (non-hydrogen) atoms. The van der Waals surface area contributed by atoms with E-state index in [0.717, 1.165) is 5.56 Å². The van der Waals surface area contributed by atoms with Gasteiger partial charge in [0.25, 0.3) is 0 Å². The Balaban J connectivity index is 2.79. The summed E-state index contributed by atoms with van der Waals surface area (Å²) in [5.74, 6) is 0.416. The van der Waals surface area contributed by atoms with Crippen molar-refractivity contribution < 1.29 is 14.3 Å². The largest absolute Gasteiger partial charge is 0.481 e. The minimum atomic E-state index is 0.256. The van der Waals surface area contributed by atoms with Gasteiger partial charge in [-0.25, -0.2) is 0 Å². The van der Waals surface area contributed by atoms with Crippen LogP contribution < -0.4 is 9.64 Å². The second kappa shape index (κ2) is 2.58. The Morgan fingerprint density at radius 2 is 2.38 bits per heavy atom. The van der Waals surface area contributed by atoms with Gasteiger partial charge < -0.3 is 9.94 Å². The highest BCUT2D eigenvalue weighted by atomic mass is 16.8. The van der Waals surface area contributed by atoms with E-state index in [1.54, 1.807) is 13.0 Å². The van der Waals surface area contributed by atoms with Gasteiger partial charge in [0, 0.05) is 11.6 Å². The van der Waals surface area contributed by atoms with Crippen molar-refractivity contribution in [1.29, 1.82) is 0 Å². The lowest BCUT2D eigenvalue weighted by atomic mass is 10.3. The van der Waals surface area contributed by atoms with Crippen molar-refractivity contribution >= 4 is 11.2 Å². The van der Waals surface area contributed by atoms with Crippen molar-refractivity contribution in [1.82, 2.24) is 10.1 Å². The van der Waals surface area contributed by atoms with Crippen LogP contribution in [0.3, 0.4) is 0 Å². The van der Waals surface area contributed by atoms with E-state index in [4.69, 9.17) is 4.74 Å². The van der Waals surface area contributed by atoms with Crippen LogP contribution in [0.1, 0.15) is 5.56 Å². The predicted molar refractivity (Wildman–Crippen MR) is 42.1 cm³/mol. The molecular formula is C7H7N3O3. The third kappa shape index (κ3) is 1.07. The molecule has 0 aliphatic rings. The van der Waals surface area contributed by atoms with E-state index in [9.17, 15) is 5.21 Å². The standard InChI is InChI=1S/C7H7N3O3/c1-4-3-5(12-2)8-7-6(4)10(11)13-9-7/h3H,1-2H3. The molecule has 0 N–H and O–H groups in total. The van der Waals surface area contributed by atoms with Crippen molar-refractivity contribution in [3.05, 3.63) is 16.8 Å². The Kier molecular flexibility index (Phi) is 1.54. The maximum atomic E-state index is 11.0. The van der Waals surface area contributed by atoms with E-state index in [1.165, 1.54) is 7.11 Å². The van der Waals surface area contributed by atoms with Gasteiger partial charge in [-0.2, -0.15) is 4.98 Å². The number of rotatable bonds is 1. The quantitative estimate of drug-likeness (QED) is 0.586. The van der Waals surface area contributed by atoms with E-state index in [1.807, 2.05) is 0 Å². The summed E-state index contributed by atoms with van der Waals surface area (Å²) in [6.07, 6.45) is 0. The van der Waals surface area contributed by atoms with Gasteiger partial charge in [0.1, 0.15) is 0 Å². The molecule has 0 aliphatic carbocycles. The van der Waals surface area contributed by atoms with Gasteiger partial charge in [-0.1, -0.05) is 0 Å². The van der Waals surface area contributed by atoms with Gasteiger partial charge in [0.05, 0.1) is 12.3 Å². The molecule has 0 aromatic carbocycles. The maximum absolute atomic E-state index is 11.0. The Morgan fingerprint density at radius 3 is 3.08 bits per heavy atom. The highest BCUT2D eigenvalue weighted by Gasteiger charge is 2.15. The first-order chi connectivity index (χ1) is 6.22. The molecule has 2 aromatic rings. The van der Waals surface area contributed by atoms with Crippen molar-refractivity contribution in [2.45, 2.75) is 6.92 Å². The SMILES string of the molecule is COc1cc(C)c2c(no[n+]2[O-])n1. The molecule has 0 radical (unpaired) electrons. The van der Waals surface area contributed by atoms with Gasteiger partial charge in [-0.05, 0) is 11.8 Å². The fourth-order valence-corrected chi connectivity index (χ4v) is 1.13. The minimum absolute atomic E-state index is 0.256. The molecule has 0 spiro atoms. The molecule has 2 rings (SSSR count). The van der Waals surface area contributed by atoms with E-state index < -0.39 is 0 Å². The topological polar surface area (TPSA) is 75.1 Å². The lowest BCUT2D eigenvalue weighted by Gasteiger charge is -1.97. The van der Waals surface area contributed by atoms with E-state index in [0.29, 0.717) is 16.3 Å². The molecule has 0 amide bonds. The van der Waals surface area contributed by atoms with Crippen LogP contribution in [0.2, 0.25) is 0 Å². The van der Waals surface area contributed by atoms with Crippen LogP contribution in [0.5, 0.6) is 5.88 Å². The van der Waals surface area contributed by atoms with Crippen LogP contribution in [0.4, 0.5) is 0 Å². The fraction of sp³-hybridized carbons (Fsp3) is 0.286. The summed E-state index contributed by atoms with van der Waals surface area (Å²) >= 11 is 0. The summed E-state index contributed by atoms with van der Waals surface area (Å²) in [5.41, 5.74) is 1.31. The first-order valence-electron chi connectivity index (χ1n) is 3.63. The van der Waals surface area contributed by atoms with E-state index in [2.05, 4.69) is 14.8 Å². The normalized spacial score (nSPS) is 10.6. The Morgan fingerprint density at radius 1 is 1.62 bits per heavy atom. The lowest BCUT2D eigenvalue weighted by molar-refractivity contribution is -0.782. The van der Waals surface area contributed by atoms with Crippen molar-refractivity contribution in [3.63, 3.8) is 0 Å². The molecular weight excluding hydrogens is 174 g/mol. The molecule has 68 valence electrons. The number of hydrogen-bond acceptors (Lipinski definition) is 5. The summed E-state index contributed by atoms with van der Waals surface area (Å²) in [5, 5.41) is 14.5. The molecule has 0 aliphatic heterocycles. The van der Waals surface area contributed by atoms with Gasteiger partial charge in [0.15, 0.2) is 0 Å². The summed E-state index contributed by atoms with van der Waals surface area (Å²) in [4.78, 5) is 4.26. The number of hydrogen-bond donors (Lipinski definition) is 0. The minimum Gasteiger partial charge on any atom is -0.481 e. The molecule has 6 nitrogen and oxygen atoms in total. The fourth-order valence-electron chi connectivity index (χ4n) is 1.13. The first-order valence-corrected chi connectivity index (χ1v) is 3.63. The first kappa shape index (κ1) is 7.78. The number of methoxy groups -OCH3 is 1. The molecule has 0 atom stereocenters. The molecule has 0 fully saturated rings. The van der Waals surface area contributed by atoms with Crippen LogP contribution in [-0.2, 0) is 0 Å². The van der Waals surface area contributed by atoms with Crippen LogP contribution in [0, 0.1) is 12.1 Å². The zero-order valence-corrected chi connectivity index (χ0v) is 7.14. The average Bonchev–Trinajstić information content (AvgIpc) is 2.48. The van der Waals surface area contributed by atoms with Crippen molar-refractivity contribution in [2.75, 3.05) is 7.11 Å². The highest BCUT2D eigenvalue weighted by molar-refractivity contribution is 5.70. The third-order valence-electron chi connectivity index (χ3n) is 1.73. The van der Waals surface area contributed by atoms with Gasteiger partial charge in [-0.15, -0.1) is 0 Å². The van der Waals surface area contributed by atoms with Crippen LogP contribution >= 0.6 is 0 Å². The summed E-state index contributed by atoms with van der Waals surface area (Å²) in [6.45, 7) is 1.76. The smallest absolute Gasteiger partial charge is 0.344 e. The number of aromatic nitrogens is 3. The van der Waals surface area contributed by atoms with E-state index >= 15 is 0 Å². The number of nitrogens with zero attached hydrogens (tertiary/aromatic N) is 3. The highest BCUT2D eigenvalue weighted by Crippen LogP contribution is 2.16. The Labute approximate surface area is 73.3 Å². The zero-order chi connectivity index (χ0) is 9.42. The second-order valence-electron chi connectivity index (χ2n) is 2.58. The molecule has 0 bridgehead atoms. The molecule has 2 aromatic heterocycles. The molecule has 0 unspecified atom stereocenters. The third-order valence-corrected chi connectivity index (χ3v) is 1.73. The number of aryl methyl sites for hydroxylation is 1. The monoisotopic (exact) mass is 181 g/mol. The van der Waals surface area contributed by atoms with Crippen molar-refractivity contribution in [2.24, 2.45) is 0 Å². The van der Waals surface area contributed by atoms with Crippen LogP contribution in [-0.4, -0.2) is 17.3 Å². The molecule has 6 heteroatoms. The Bertz CT molecular complexity index is 451. The molecule has 2 heterocycles. The van der Waals surface area contributed by atoms with Crippen LogP contribution in [0.25, 0.3) is 11.2 Å². The average molecular weight is 181 g/mol. The Hall–Kier alpha value is -1.85. The summed E-state index contributed by atoms with van der Waals surface area (Å²) in [6, 6.07) is 1.65. The molecule has 0 saturated carbocycles. The molecule has 0 saturated heterocycles. The van der Waals surface area contributed by atoms with Gasteiger partial charge in [-0.3, -0.25) is 4.63 Å².